The second-order valence-electron chi connectivity index (χ2n) is 6.88. The highest BCUT2D eigenvalue weighted by Gasteiger charge is 2.15. The Morgan fingerprint density at radius 2 is 1.75 bits per heavy atom. The molecular weight excluding hydrogens is 374 g/mol. The quantitative estimate of drug-likeness (QED) is 0.616. The lowest BCUT2D eigenvalue weighted by atomic mass is 10.1. The molecule has 7 nitrogen and oxygen atoms in total. The van der Waals surface area contributed by atoms with Crippen LogP contribution in [0.1, 0.15) is 16.7 Å². The van der Waals surface area contributed by atoms with Crippen LogP contribution in [0.4, 0.5) is 0 Å². The highest BCUT2D eigenvalue weighted by molar-refractivity contribution is 7.71. The predicted octanol–water partition coefficient (Wildman–Crippen LogP) is 2.10. The molecule has 1 N–H and O–H groups in total. The molecule has 0 saturated carbocycles. The van der Waals surface area contributed by atoms with Gasteiger partial charge in [-0.2, -0.15) is 9.36 Å². The number of methoxy groups -OCH3 is 2. The number of ether oxygens (including phenoxy) is 2. The minimum absolute atomic E-state index is 0.582. The molecule has 0 amide bonds. The summed E-state index contributed by atoms with van der Waals surface area (Å²) >= 11 is 5.64. The number of nitrogens with one attached hydrogen (secondary N) is 1. The van der Waals surface area contributed by atoms with Gasteiger partial charge in [0.2, 0.25) is 4.77 Å². The van der Waals surface area contributed by atoms with Crippen LogP contribution >= 0.6 is 12.2 Å². The van der Waals surface area contributed by atoms with E-state index in [4.69, 9.17) is 21.7 Å². The van der Waals surface area contributed by atoms with Crippen molar-refractivity contribution in [1.82, 2.24) is 19.8 Å². The number of quaternary nitrogens is 1. The highest BCUT2D eigenvalue weighted by atomic mass is 32.1. The molecule has 1 heterocycles. The van der Waals surface area contributed by atoms with E-state index in [0.717, 1.165) is 40.4 Å². The maximum absolute atomic E-state index is 5.64. The molecule has 28 heavy (non-hydrogen) atoms. The van der Waals surface area contributed by atoms with Gasteiger partial charge < -0.3 is 14.4 Å². The molecule has 0 bridgehead atoms. The van der Waals surface area contributed by atoms with Crippen LogP contribution in [0.25, 0.3) is 5.69 Å². The first kappa shape index (κ1) is 20.0. The van der Waals surface area contributed by atoms with Crippen molar-refractivity contribution in [1.29, 1.82) is 0 Å². The van der Waals surface area contributed by atoms with Gasteiger partial charge in [0.15, 0.2) is 6.67 Å². The molecule has 0 radical (unpaired) electrons. The largest absolute Gasteiger partial charge is 0.497 e. The number of para-hydroxylation sites is 1. The van der Waals surface area contributed by atoms with E-state index >= 15 is 0 Å². The zero-order chi connectivity index (χ0) is 20.3. The summed E-state index contributed by atoms with van der Waals surface area (Å²) in [6.45, 7) is 5.46. The lowest BCUT2D eigenvalue weighted by Gasteiger charge is -2.16. The number of rotatable bonds is 7. The molecular formula is C20H26N5O2S+. The smallest absolute Gasteiger partial charge is 0.225 e. The monoisotopic (exact) mass is 400 g/mol. The molecule has 2 aromatic carbocycles. The number of aryl methyl sites for hydroxylation is 2. The average molecular weight is 401 g/mol. The Bertz CT molecular complexity index is 1010. The first-order valence-electron chi connectivity index (χ1n) is 9.06. The molecule has 3 rings (SSSR count). The summed E-state index contributed by atoms with van der Waals surface area (Å²) in [6.07, 6.45) is 0. The molecule has 0 aliphatic rings. The van der Waals surface area contributed by atoms with Crippen LogP contribution in [-0.4, -0.2) is 41.1 Å². The highest BCUT2D eigenvalue weighted by Crippen LogP contribution is 2.23. The summed E-state index contributed by atoms with van der Waals surface area (Å²) in [5, 5.41) is 8.57. The fourth-order valence-corrected chi connectivity index (χ4v) is 3.52. The van der Waals surface area contributed by atoms with Gasteiger partial charge in [0.25, 0.3) is 0 Å². The van der Waals surface area contributed by atoms with E-state index in [2.05, 4.69) is 43.5 Å². The van der Waals surface area contributed by atoms with Crippen LogP contribution in [0.5, 0.6) is 11.5 Å². The number of aromatic nitrogens is 4. The van der Waals surface area contributed by atoms with Crippen LogP contribution in [0.15, 0.2) is 36.4 Å². The Balaban J connectivity index is 1.80. The Morgan fingerprint density at radius 1 is 1.04 bits per heavy atom. The zero-order valence-electron chi connectivity index (χ0n) is 16.9. The zero-order valence-corrected chi connectivity index (χ0v) is 17.7. The van der Waals surface area contributed by atoms with Crippen molar-refractivity contribution in [2.75, 3.05) is 21.3 Å². The van der Waals surface area contributed by atoms with Crippen molar-refractivity contribution in [2.45, 2.75) is 27.1 Å². The van der Waals surface area contributed by atoms with Crippen molar-refractivity contribution in [3.05, 3.63) is 57.9 Å². The fraction of sp³-hybridized carbons (Fsp3) is 0.350. The van der Waals surface area contributed by atoms with E-state index in [1.54, 1.807) is 23.6 Å². The molecule has 1 unspecified atom stereocenters. The number of hydrogen-bond acceptors (Lipinski definition) is 5. The van der Waals surface area contributed by atoms with E-state index < -0.39 is 0 Å². The standard InChI is InChI=1S/C20H25N5O2S/c1-14-7-6-8-15(2)19(14)25-20(28)24(21-22-25)13-23(3)12-16-9-10-17(26-4)11-18(16)27-5/h6-11H,12-13H2,1-5H3/p+1. The third-order valence-corrected chi connectivity index (χ3v) is 5.08. The molecule has 0 aliphatic heterocycles. The van der Waals surface area contributed by atoms with Crippen LogP contribution in [0.2, 0.25) is 0 Å². The minimum atomic E-state index is 0.582. The van der Waals surface area contributed by atoms with Crippen molar-refractivity contribution in [3.63, 3.8) is 0 Å². The van der Waals surface area contributed by atoms with Gasteiger partial charge in [0, 0.05) is 11.6 Å². The van der Waals surface area contributed by atoms with Crippen molar-refractivity contribution in [2.24, 2.45) is 0 Å². The number of benzene rings is 2. The van der Waals surface area contributed by atoms with Crippen LogP contribution in [0.3, 0.4) is 0 Å². The van der Waals surface area contributed by atoms with Gasteiger partial charge in [-0.25, -0.2) is 0 Å². The summed E-state index contributed by atoms with van der Waals surface area (Å²) in [4.78, 5) is 1.20. The van der Waals surface area contributed by atoms with Gasteiger partial charge in [-0.15, -0.1) is 0 Å². The van der Waals surface area contributed by atoms with E-state index in [-0.39, 0.29) is 0 Å². The third kappa shape index (κ3) is 4.07. The summed E-state index contributed by atoms with van der Waals surface area (Å²) in [5.41, 5.74) is 4.32. The third-order valence-electron chi connectivity index (χ3n) is 4.70. The summed E-state index contributed by atoms with van der Waals surface area (Å²) in [5.74, 6) is 1.58. The summed E-state index contributed by atoms with van der Waals surface area (Å²) in [7, 11) is 5.40. The van der Waals surface area contributed by atoms with Gasteiger partial charge >= 0.3 is 0 Å². The molecule has 1 atom stereocenters. The molecule has 0 saturated heterocycles. The van der Waals surface area contributed by atoms with E-state index in [1.807, 2.05) is 24.3 Å². The second-order valence-corrected chi connectivity index (χ2v) is 7.25. The Hall–Kier alpha value is -2.71. The topological polar surface area (TPSA) is 58.5 Å². The van der Waals surface area contributed by atoms with E-state index in [9.17, 15) is 0 Å². The van der Waals surface area contributed by atoms with Crippen LogP contribution in [-0.2, 0) is 13.2 Å². The Morgan fingerprint density at radius 3 is 2.39 bits per heavy atom. The molecule has 0 spiro atoms. The number of tetrazole rings is 1. The van der Waals surface area contributed by atoms with Crippen molar-refractivity contribution in [3.8, 4) is 17.2 Å². The van der Waals surface area contributed by atoms with Crippen molar-refractivity contribution >= 4 is 12.2 Å². The molecule has 8 heteroatoms. The van der Waals surface area contributed by atoms with Crippen LogP contribution < -0.4 is 14.4 Å². The Labute approximate surface area is 170 Å². The summed E-state index contributed by atoms with van der Waals surface area (Å²) in [6, 6.07) is 12.0. The SMILES string of the molecule is COc1ccc(C[NH+](C)Cn2nnn(-c3c(C)cccc3C)c2=S)c(OC)c1. The number of hydrogen-bond donors (Lipinski definition) is 1. The van der Waals surface area contributed by atoms with Crippen molar-refractivity contribution < 1.29 is 14.4 Å². The fourth-order valence-electron chi connectivity index (χ4n) is 3.29. The molecule has 148 valence electrons. The van der Waals surface area contributed by atoms with Gasteiger partial charge in [-0.1, -0.05) is 18.2 Å². The van der Waals surface area contributed by atoms with E-state index in [1.165, 1.54) is 4.90 Å². The summed E-state index contributed by atoms with van der Waals surface area (Å²) < 4.78 is 14.8. The average Bonchev–Trinajstić information content (AvgIpc) is 3.02. The first-order chi connectivity index (χ1) is 13.4. The van der Waals surface area contributed by atoms with Gasteiger partial charge in [0.1, 0.15) is 18.0 Å². The molecule has 1 aromatic heterocycles. The molecule has 3 aromatic rings. The van der Waals surface area contributed by atoms with Gasteiger partial charge in [0.05, 0.1) is 27.0 Å². The second kappa shape index (κ2) is 8.53. The van der Waals surface area contributed by atoms with Crippen LogP contribution in [0, 0.1) is 18.6 Å². The lowest BCUT2D eigenvalue weighted by molar-refractivity contribution is -0.917. The normalized spacial score (nSPS) is 12.0. The maximum Gasteiger partial charge on any atom is 0.225 e. The van der Waals surface area contributed by atoms with E-state index in [0.29, 0.717) is 11.4 Å². The minimum Gasteiger partial charge on any atom is -0.497 e. The van der Waals surface area contributed by atoms with Gasteiger partial charge in [-0.05, 0) is 59.8 Å². The molecule has 0 fully saturated rings. The predicted molar refractivity (Wildman–Crippen MR) is 110 cm³/mol. The maximum atomic E-state index is 5.64. The number of nitrogens with zero attached hydrogens (tertiary/aromatic N) is 4. The first-order valence-corrected chi connectivity index (χ1v) is 9.47. The Kier molecular flexibility index (Phi) is 6.11. The molecule has 0 aliphatic carbocycles. The lowest BCUT2D eigenvalue weighted by Crippen LogP contribution is -3.07. The van der Waals surface area contributed by atoms with Gasteiger partial charge in [-0.3, -0.25) is 0 Å².